The summed E-state index contributed by atoms with van der Waals surface area (Å²) in [5.74, 6) is 1.24. The molecule has 112 valence electrons. The third-order valence-corrected chi connectivity index (χ3v) is 4.82. The molecule has 1 fully saturated rings. The van der Waals surface area contributed by atoms with Crippen molar-refractivity contribution in [3.63, 3.8) is 0 Å². The van der Waals surface area contributed by atoms with Gasteiger partial charge in [-0.25, -0.2) is 0 Å². The number of nitrogens with zero attached hydrogens (tertiary/aromatic N) is 1. The number of rotatable bonds is 9. The molecule has 1 saturated heterocycles. The Kier molecular flexibility index (Phi) is 7.48. The van der Waals surface area contributed by atoms with E-state index in [9.17, 15) is 0 Å². The summed E-state index contributed by atoms with van der Waals surface area (Å²) in [6.45, 7) is 8.24. The molecular weight excluding hydrogens is 264 g/mol. The smallest absolute Gasteiger partial charge is 0.0205 e. The second-order valence-electron chi connectivity index (χ2n) is 5.57. The van der Waals surface area contributed by atoms with Gasteiger partial charge in [0, 0.05) is 11.4 Å². The van der Waals surface area contributed by atoms with Gasteiger partial charge in [-0.1, -0.05) is 19.1 Å². The predicted molar refractivity (Wildman–Crippen MR) is 89.5 cm³/mol. The zero-order valence-corrected chi connectivity index (χ0v) is 13.6. The van der Waals surface area contributed by atoms with Crippen LogP contribution in [0.1, 0.15) is 38.2 Å². The summed E-state index contributed by atoms with van der Waals surface area (Å²) in [6, 6.07) is 8.98. The summed E-state index contributed by atoms with van der Waals surface area (Å²) in [7, 11) is 0. The van der Waals surface area contributed by atoms with Crippen molar-refractivity contribution in [2.45, 2.75) is 44.0 Å². The lowest BCUT2D eigenvalue weighted by molar-refractivity contribution is 0.341. The van der Waals surface area contributed by atoms with E-state index >= 15 is 0 Å². The van der Waals surface area contributed by atoms with Crippen LogP contribution in [0.15, 0.2) is 29.2 Å². The minimum absolute atomic E-state index is 0.996. The molecule has 0 amide bonds. The second-order valence-corrected chi connectivity index (χ2v) is 6.74. The predicted octanol–water partition coefficient (Wildman–Crippen LogP) is 3.76. The zero-order chi connectivity index (χ0) is 14.0. The van der Waals surface area contributed by atoms with Crippen molar-refractivity contribution >= 4 is 11.8 Å². The lowest BCUT2D eigenvalue weighted by atomic mass is 10.2. The average molecular weight is 292 g/mol. The van der Waals surface area contributed by atoms with Crippen LogP contribution in [0.3, 0.4) is 0 Å². The van der Waals surface area contributed by atoms with Crippen LogP contribution in [-0.2, 0) is 6.54 Å². The number of nitrogens with one attached hydrogen (secondary N) is 1. The van der Waals surface area contributed by atoms with Crippen LogP contribution in [0.2, 0.25) is 0 Å². The van der Waals surface area contributed by atoms with Gasteiger partial charge in [-0.05, 0) is 75.3 Å². The van der Waals surface area contributed by atoms with Gasteiger partial charge in [0.1, 0.15) is 0 Å². The Morgan fingerprint density at radius 2 is 2.10 bits per heavy atom. The van der Waals surface area contributed by atoms with Crippen molar-refractivity contribution in [1.82, 2.24) is 10.2 Å². The number of benzene rings is 1. The van der Waals surface area contributed by atoms with Crippen LogP contribution in [0, 0.1) is 0 Å². The maximum absolute atomic E-state index is 3.47. The van der Waals surface area contributed by atoms with Crippen LogP contribution in [0.25, 0.3) is 0 Å². The lowest BCUT2D eigenvalue weighted by Gasteiger charge is -2.13. The van der Waals surface area contributed by atoms with Crippen molar-refractivity contribution in [2.24, 2.45) is 0 Å². The lowest BCUT2D eigenvalue weighted by Crippen LogP contribution is -2.20. The second kappa shape index (κ2) is 9.43. The Hall–Kier alpha value is -0.510. The topological polar surface area (TPSA) is 15.3 Å². The third-order valence-electron chi connectivity index (χ3n) is 3.74. The van der Waals surface area contributed by atoms with Crippen molar-refractivity contribution in [2.75, 3.05) is 31.9 Å². The van der Waals surface area contributed by atoms with Gasteiger partial charge >= 0.3 is 0 Å². The summed E-state index contributed by atoms with van der Waals surface area (Å²) in [5, 5.41) is 3.47. The number of thioether (sulfide) groups is 1. The van der Waals surface area contributed by atoms with Gasteiger partial charge in [-0.15, -0.1) is 11.8 Å². The molecule has 3 heteroatoms. The van der Waals surface area contributed by atoms with Crippen LogP contribution in [-0.4, -0.2) is 36.8 Å². The van der Waals surface area contributed by atoms with Crippen LogP contribution < -0.4 is 5.32 Å². The van der Waals surface area contributed by atoms with Crippen LogP contribution in [0.5, 0.6) is 0 Å². The molecule has 1 heterocycles. The Bertz CT molecular complexity index is 375. The van der Waals surface area contributed by atoms with Gasteiger partial charge in [-0.3, -0.25) is 0 Å². The largest absolute Gasteiger partial charge is 0.313 e. The van der Waals surface area contributed by atoms with Crippen molar-refractivity contribution in [1.29, 1.82) is 0 Å². The molecule has 0 radical (unpaired) electrons. The minimum atomic E-state index is 0.996. The Labute approximate surface area is 128 Å². The zero-order valence-electron chi connectivity index (χ0n) is 12.7. The van der Waals surface area contributed by atoms with Gasteiger partial charge in [0.25, 0.3) is 0 Å². The van der Waals surface area contributed by atoms with Crippen molar-refractivity contribution in [3.8, 4) is 0 Å². The summed E-state index contributed by atoms with van der Waals surface area (Å²) in [5.41, 5.74) is 1.41. The SMILES string of the molecule is CCCNCc1cccc(SCCCN2CCCC2)c1. The van der Waals surface area contributed by atoms with E-state index in [0.717, 1.165) is 13.1 Å². The van der Waals surface area contributed by atoms with Crippen LogP contribution in [0.4, 0.5) is 0 Å². The first kappa shape index (κ1) is 15.9. The molecule has 1 aliphatic heterocycles. The third kappa shape index (κ3) is 5.86. The van der Waals surface area contributed by atoms with E-state index < -0.39 is 0 Å². The van der Waals surface area contributed by atoms with E-state index in [4.69, 9.17) is 0 Å². The van der Waals surface area contributed by atoms with E-state index in [1.165, 1.54) is 61.5 Å². The molecule has 0 unspecified atom stereocenters. The molecule has 0 saturated carbocycles. The first-order valence-corrected chi connectivity index (χ1v) is 9.02. The van der Waals surface area contributed by atoms with E-state index in [1.54, 1.807) is 0 Å². The molecule has 0 atom stereocenters. The highest BCUT2D eigenvalue weighted by Gasteiger charge is 2.10. The quantitative estimate of drug-likeness (QED) is 0.551. The van der Waals surface area contributed by atoms with Gasteiger partial charge in [0.15, 0.2) is 0 Å². The van der Waals surface area contributed by atoms with E-state index in [2.05, 4.69) is 41.4 Å². The highest BCUT2D eigenvalue weighted by atomic mass is 32.2. The molecule has 0 aromatic heterocycles. The molecule has 1 aliphatic rings. The molecule has 20 heavy (non-hydrogen) atoms. The van der Waals surface area contributed by atoms with Crippen molar-refractivity contribution < 1.29 is 0 Å². The first-order valence-electron chi connectivity index (χ1n) is 8.03. The Balaban J connectivity index is 1.65. The molecule has 0 bridgehead atoms. The number of hydrogen-bond donors (Lipinski definition) is 1. The molecule has 1 aromatic rings. The standard InChI is InChI=1S/C17H28N2S/c1-2-9-18-15-16-7-5-8-17(14-16)20-13-6-12-19-10-3-4-11-19/h5,7-8,14,18H,2-4,6,9-13,15H2,1H3. The maximum atomic E-state index is 3.47. The molecule has 0 aliphatic carbocycles. The minimum Gasteiger partial charge on any atom is -0.313 e. The Morgan fingerprint density at radius 3 is 2.90 bits per heavy atom. The molecule has 1 aromatic carbocycles. The molecule has 2 nitrogen and oxygen atoms in total. The molecule has 1 N–H and O–H groups in total. The summed E-state index contributed by atoms with van der Waals surface area (Å²) in [4.78, 5) is 4.02. The van der Waals surface area contributed by atoms with Gasteiger partial charge in [-0.2, -0.15) is 0 Å². The van der Waals surface area contributed by atoms with Gasteiger partial charge in [0.2, 0.25) is 0 Å². The number of likely N-dealkylation sites (tertiary alicyclic amines) is 1. The highest BCUT2D eigenvalue weighted by Crippen LogP contribution is 2.20. The summed E-state index contributed by atoms with van der Waals surface area (Å²) >= 11 is 2.00. The Morgan fingerprint density at radius 1 is 1.25 bits per heavy atom. The molecule has 2 rings (SSSR count). The maximum Gasteiger partial charge on any atom is 0.0205 e. The van der Waals surface area contributed by atoms with E-state index in [0.29, 0.717) is 0 Å². The summed E-state index contributed by atoms with van der Waals surface area (Å²) < 4.78 is 0. The van der Waals surface area contributed by atoms with E-state index in [1.807, 2.05) is 11.8 Å². The summed E-state index contributed by atoms with van der Waals surface area (Å²) in [6.07, 6.45) is 5.31. The fourth-order valence-corrected chi connectivity index (χ4v) is 3.56. The molecule has 0 spiro atoms. The van der Waals surface area contributed by atoms with E-state index in [-0.39, 0.29) is 0 Å². The normalized spacial score (nSPS) is 15.8. The van der Waals surface area contributed by atoms with Gasteiger partial charge in [0.05, 0.1) is 0 Å². The monoisotopic (exact) mass is 292 g/mol. The average Bonchev–Trinajstić information content (AvgIpc) is 2.98. The van der Waals surface area contributed by atoms with Gasteiger partial charge < -0.3 is 10.2 Å². The van der Waals surface area contributed by atoms with Crippen molar-refractivity contribution in [3.05, 3.63) is 29.8 Å². The number of hydrogen-bond acceptors (Lipinski definition) is 3. The fraction of sp³-hybridized carbons (Fsp3) is 0.647. The highest BCUT2D eigenvalue weighted by molar-refractivity contribution is 7.99. The first-order chi connectivity index (χ1) is 9.88. The molecular formula is C17H28N2S. The fourth-order valence-electron chi connectivity index (χ4n) is 2.64. The van der Waals surface area contributed by atoms with Crippen LogP contribution >= 0.6 is 11.8 Å².